The van der Waals surface area contributed by atoms with E-state index in [-0.39, 0.29) is 27.9 Å². The molecular weight excluding hydrogens is 380 g/mol. The van der Waals surface area contributed by atoms with E-state index in [1.165, 1.54) is 25.4 Å². The molecule has 2 aromatic rings. The number of aromatic nitrogens is 2. The Hall–Kier alpha value is -1.94. The fourth-order valence-corrected chi connectivity index (χ4v) is 3.51. The second-order valence-corrected chi connectivity index (χ2v) is 8.15. The summed E-state index contributed by atoms with van der Waals surface area (Å²) in [7, 11) is -2.14. The highest BCUT2D eigenvalue weighted by Gasteiger charge is 2.28. The van der Waals surface area contributed by atoms with Crippen LogP contribution < -0.4 is 14.8 Å². The molecule has 1 aliphatic rings. The van der Waals surface area contributed by atoms with Gasteiger partial charge in [0, 0.05) is 5.69 Å². The maximum atomic E-state index is 11.7. The van der Waals surface area contributed by atoms with Crippen LogP contribution in [0.25, 0.3) is 0 Å². The number of halogens is 1. The summed E-state index contributed by atoms with van der Waals surface area (Å²) in [4.78, 5) is 8.48. The highest BCUT2D eigenvalue weighted by molar-refractivity contribution is 7.89. The van der Waals surface area contributed by atoms with Crippen molar-refractivity contribution in [3.63, 3.8) is 0 Å². The van der Waals surface area contributed by atoms with Gasteiger partial charge in [-0.2, -0.15) is 4.98 Å². The van der Waals surface area contributed by atoms with E-state index in [0.717, 1.165) is 12.8 Å². The van der Waals surface area contributed by atoms with Crippen LogP contribution in [0.3, 0.4) is 0 Å². The lowest BCUT2D eigenvalue weighted by Gasteiger charge is -2.17. The van der Waals surface area contributed by atoms with E-state index in [9.17, 15) is 13.5 Å². The van der Waals surface area contributed by atoms with Crippen molar-refractivity contribution in [1.82, 2.24) is 14.7 Å². The predicted octanol–water partition coefficient (Wildman–Crippen LogP) is 2.07. The summed E-state index contributed by atoms with van der Waals surface area (Å²) in [6.45, 7) is 0. The van der Waals surface area contributed by atoms with E-state index in [1.54, 1.807) is 12.1 Å². The zero-order valence-corrected chi connectivity index (χ0v) is 15.6. The third-order valence-corrected chi connectivity index (χ3v) is 5.77. The van der Waals surface area contributed by atoms with Crippen molar-refractivity contribution < 1.29 is 18.3 Å². The van der Waals surface area contributed by atoms with Gasteiger partial charge in [-0.3, -0.25) is 0 Å². The number of ether oxygens (including phenoxy) is 1. The number of hydrogen-bond donors (Lipinski definition) is 3. The number of hydrogen-bond acceptors (Lipinski definition) is 7. The molecule has 0 bridgehead atoms. The lowest BCUT2D eigenvalue weighted by atomic mass is 10.3. The van der Waals surface area contributed by atoms with Crippen molar-refractivity contribution in [1.29, 1.82) is 0 Å². The number of sulfonamides is 1. The first-order valence-corrected chi connectivity index (χ1v) is 9.93. The molecule has 2 atom stereocenters. The second-order valence-electron chi connectivity index (χ2n) is 5.86. The molecule has 0 amide bonds. The monoisotopic (exact) mass is 398 g/mol. The average molecular weight is 399 g/mol. The maximum Gasteiger partial charge on any atom is 0.240 e. The van der Waals surface area contributed by atoms with Crippen LogP contribution in [0.2, 0.25) is 5.02 Å². The van der Waals surface area contributed by atoms with Crippen LogP contribution in [-0.2, 0) is 10.0 Å². The zero-order valence-electron chi connectivity index (χ0n) is 14.0. The third-order valence-electron chi connectivity index (χ3n) is 4.08. The molecule has 1 aliphatic carbocycles. The molecule has 0 aliphatic heterocycles. The molecule has 3 rings (SSSR count). The fraction of sp³-hybridized carbons (Fsp3) is 0.375. The zero-order chi connectivity index (χ0) is 18.7. The Morgan fingerprint density at radius 3 is 2.62 bits per heavy atom. The molecule has 8 nitrogen and oxygen atoms in total. The second kappa shape index (κ2) is 7.75. The summed E-state index contributed by atoms with van der Waals surface area (Å²) in [5.41, 5.74) is 0.606. The molecule has 1 saturated carbocycles. The van der Waals surface area contributed by atoms with Gasteiger partial charge in [0.2, 0.25) is 21.9 Å². The van der Waals surface area contributed by atoms with Gasteiger partial charge in [-0.1, -0.05) is 11.6 Å². The molecule has 1 aromatic carbocycles. The van der Waals surface area contributed by atoms with Crippen LogP contribution in [0, 0.1) is 0 Å². The van der Waals surface area contributed by atoms with E-state index in [1.807, 2.05) is 0 Å². The van der Waals surface area contributed by atoms with Gasteiger partial charge in [0.25, 0.3) is 0 Å². The number of nitrogens with zero attached hydrogens (tertiary/aromatic N) is 2. The average Bonchev–Trinajstić information content (AvgIpc) is 3.03. The van der Waals surface area contributed by atoms with Crippen molar-refractivity contribution >= 4 is 33.3 Å². The summed E-state index contributed by atoms with van der Waals surface area (Å²) >= 11 is 6.08. The van der Waals surface area contributed by atoms with E-state index < -0.39 is 16.1 Å². The SMILES string of the molecule is CNS(=O)(=O)c1ccc(Nc2ncc(Cl)c(O[C@H]3CCC[C@H]3O)n2)cc1. The number of nitrogens with one attached hydrogen (secondary N) is 2. The summed E-state index contributed by atoms with van der Waals surface area (Å²) in [6.07, 6.45) is 2.88. The molecule has 0 spiro atoms. The summed E-state index contributed by atoms with van der Waals surface area (Å²) in [6, 6.07) is 6.14. The van der Waals surface area contributed by atoms with Crippen LogP contribution in [0.1, 0.15) is 19.3 Å². The highest BCUT2D eigenvalue weighted by atomic mass is 35.5. The molecule has 0 saturated heterocycles. The van der Waals surface area contributed by atoms with Crippen molar-refractivity contribution in [2.45, 2.75) is 36.4 Å². The lowest BCUT2D eigenvalue weighted by Crippen LogP contribution is -2.26. The van der Waals surface area contributed by atoms with Gasteiger partial charge in [0.05, 0.1) is 17.2 Å². The first-order valence-electron chi connectivity index (χ1n) is 8.07. The molecular formula is C16H19ClN4O4S. The number of rotatable bonds is 6. The Labute approximate surface area is 156 Å². The Morgan fingerprint density at radius 1 is 1.27 bits per heavy atom. The van der Waals surface area contributed by atoms with Gasteiger partial charge in [-0.15, -0.1) is 0 Å². The normalized spacial score (nSPS) is 20.1. The summed E-state index contributed by atoms with van der Waals surface area (Å²) in [5, 5.41) is 13.1. The summed E-state index contributed by atoms with van der Waals surface area (Å²) in [5.74, 6) is 0.450. The minimum Gasteiger partial charge on any atom is -0.470 e. The predicted molar refractivity (Wildman–Crippen MR) is 97.3 cm³/mol. The molecule has 3 N–H and O–H groups in total. The van der Waals surface area contributed by atoms with Gasteiger partial charge in [-0.05, 0) is 50.6 Å². The maximum absolute atomic E-state index is 11.7. The molecule has 1 fully saturated rings. The standard InChI is InChI=1S/C16H19ClN4O4S/c1-18-26(23,24)11-7-5-10(6-8-11)20-16-19-9-12(17)15(21-16)25-14-4-2-3-13(14)22/h5-9,13-14,18,22H,2-4H2,1H3,(H,19,20,21)/t13-,14+/m1/s1. The Morgan fingerprint density at radius 2 is 2.00 bits per heavy atom. The number of benzene rings is 1. The lowest BCUT2D eigenvalue weighted by molar-refractivity contribution is 0.0575. The van der Waals surface area contributed by atoms with E-state index in [4.69, 9.17) is 16.3 Å². The largest absolute Gasteiger partial charge is 0.470 e. The first kappa shape index (κ1) is 18.8. The van der Waals surface area contributed by atoms with Crippen LogP contribution in [0.4, 0.5) is 11.6 Å². The third kappa shape index (κ3) is 4.24. The van der Waals surface area contributed by atoms with Crippen molar-refractivity contribution in [2.24, 2.45) is 0 Å². The molecule has 1 heterocycles. The Bertz CT molecular complexity index is 876. The van der Waals surface area contributed by atoms with E-state index in [2.05, 4.69) is 20.0 Å². The molecule has 1 aromatic heterocycles. The number of aliphatic hydroxyl groups excluding tert-OH is 1. The van der Waals surface area contributed by atoms with Gasteiger partial charge < -0.3 is 15.2 Å². The summed E-state index contributed by atoms with van der Waals surface area (Å²) < 4.78 is 31.4. The van der Waals surface area contributed by atoms with E-state index in [0.29, 0.717) is 12.1 Å². The van der Waals surface area contributed by atoms with Crippen molar-refractivity contribution in [3.8, 4) is 5.88 Å². The van der Waals surface area contributed by atoms with Crippen LogP contribution in [-0.4, -0.2) is 42.7 Å². The van der Waals surface area contributed by atoms with Gasteiger partial charge in [-0.25, -0.2) is 18.1 Å². The van der Waals surface area contributed by atoms with Crippen LogP contribution in [0.5, 0.6) is 5.88 Å². The van der Waals surface area contributed by atoms with Gasteiger partial charge in [0.1, 0.15) is 11.1 Å². The molecule has 26 heavy (non-hydrogen) atoms. The van der Waals surface area contributed by atoms with Crippen molar-refractivity contribution in [2.75, 3.05) is 12.4 Å². The topological polar surface area (TPSA) is 113 Å². The smallest absolute Gasteiger partial charge is 0.240 e. The molecule has 0 radical (unpaired) electrons. The van der Waals surface area contributed by atoms with Crippen molar-refractivity contribution in [3.05, 3.63) is 35.5 Å². The molecule has 10 heteroatoms. The quantitative estimate of drug-likeness (QED) is 0.682. The Kier molecular flexibility index (Phi) is 5.61. The first-order chi connectivity index (χ1) is 12.4. The fourth-order valence-electron chi connectivity index (χ4n) is 2.65. The van der Waals surface area contributed by atoms with Crippen LogP contribution >= 0.6 is 11.6 Å². The highest BCUT2D eigenvalue weighted by Crippen LogP contribution is 2.29. The molecule has 0 unspecified atom stereocenters. The van der Waals surface area contributed by atoms with Gasteiger partial charge in [0.15, 0.2) is 0 Å². The minimum atomic E-state index is -3.49. The number of anilines is 2. The van der Waals surface area contributed by atoms with Gasteiger partial charge >= 0.3 is 0 Å². The molecule has 140 valence electrons. The number of aliphatic hydroxyl groups is 1. The van der Waals surface area contributed by atoms with E-state index >= 15 is 0 Å². The Balaban J connectivity index is 1.75. The van der Waals surface area contributed by atoms with Crippen LogP contribution in [0.15, 0.2) is 35.4 Å². The minimum absolute atomic E-state index is 0.154.